The quantitative estimate of drug-likeness (QED) is 0.942. The van der Waals surface area contributed by atoms with Gasteiger partial charge in [0, 0.05) is 20.3 Å². The lowest BCUT2D eigenvalue weighted by atomic mass is 10.2. The number of halogens is 3. The summed E-state index contributed by atoms with van der Waals surface area (Å²) in [6, 6.07) is 6.27. The van der Waals surface area contributed by atoms with Crippen molar-refractivity contribution in [3.63, 3.8) is 0 Å². The fraction of sp³-hybridized carbons (Fsp3) is 0.231. The van der Waals surface area contributed by atoms with Crippen molar-refractivity contribution in [1.82, 2.24) is 9.78 Å². The van der Waals surface area contributed by atoms with Gasteiger partial charge in [0.05, 0.1) is 16.4 Å². The number of hydrogen-bond donors (Lipinski definition) is 1. The van der Waals surface area contributed by atoms with Crippen LogP contribution in [0.1, 0.15) is 17.0 Å². The Hall–Kier alpha value is -2.15. The van der Waals surface area contributed by atoms with Gasteiger partial charge in [0.2, 0.25) is 0 Å². The van der Waals surface area contributed by atoms with Crippen LogP contribution >= 0.6 is 11.6 Å². The number of benzene rings is 1. The third-order valence-electron chi connectivity index (χ3n) is 2.72. The number of nitrogens with zero attached hydrogens (tertiary/aromatic N) is 3. The van der Waals surface area contributed by atoms with E-state index < -0.39 is 12.5 Å². The largest absolute Gasteiger partial charge is 0.375 e. The number of alkyl halides is 2. The standard InChI is InChI=1S/C13H13ClF2N4O/c1-19(2)11-8(14)4-3-5-9(11)17-12(21)10-6-7-20(18-10)13(15)16/h3-7,13H,1-2H3,(H,17,21). The molecule has 2 aromatic rings. The lowest BCUT2D eigenvalue weighted by Gasteiger charge is -2.19. The summed E-state index contributed by atoms with van der Waals surface area (Å²) in [6.07, 6.45) is 1.05. The molecule has 1 aromatic heterocycles. The predicted octanol–water partition coefficient (Wildman–Crippen LogP) is 3.25. The minimum Gasteiger partial charge on any atom is -0.375 e. The van der Waals surface area contributed by atoms with E-state index in [1.165, 1.54) is 6.07 Å². The smallest absolute Gasteiger partial charge is 0.333 e. The maximum absolute atomic E-state index is 12.4. The number of amides is 1. The van der Waals surface area contributed by atoms with Gasteiger partial charge in [0.1, 0.15) is 0 Å². The molecule has 0 unspecified atom stereocenters. The van der Waals surface area contributed by atoms with Crippen molar-refractivity contribution in [1.29, 1.82) is 0 Å². The molecular weight excluding hydrogens is 302 g/mol. The molecule has 0 radical (unpaired) electrons. The predicted molar refractivity (Wildman–Crippen MR) is 77.2 cm³/mol. The van der Waals surface area contributed by atoms with Crippen LogP contribution in [0.5, 0.6) is 0 Å². The molecule has 1 aromatic carbocycles. The molecule has 0 aliphatic carbocycles. The zero-order chi connectivity index (χ0) is 15.6. The number of anilines is 2. The average Bonchev–Trinajstić information content (AvgIpc) is 2.88. The molecule has 1 N–H and O–H groups in total. The summed E-state index contributed by atoms with van der Waals surface area (Å²) in [5, 5.41) is 6.59. The first-order valence-corrected chi connectivity index (χ1v) is 6.38. The minimum absolute atomic E-state index is 0.0972. The Bertz CT molecular complexity index is 657. The van der Waals surface area contributed by atoms with Crippen LogP contribution in [0.15, 0.2) is 30.5 Å². The van der Waals surface area contributed by atoms with Gasteiger partial charge in [-0.2, -0.15) is 13.9 Å². The zero-order valence-corrected chi connectivity index (χ0v) is 12.1. The van der Waals surface area contributed by atoms with Crippen molar-refractivity contribution in [3.05, 3.63) is 41.2 Å². The van der Waals surface area contributed by atoms with E-state index in [4.69, 9.17) is 11.6 Å². The van der Waals surface area contributed by atoms with Crippen LogP contribution in [0.4, 0.5) is 20.2 Å². The van der Waals surface area contributed by atoms with Crippen LogP contribution < -0.4 is 10.2 Å². The molecule has 1 heterocycles. The first kappa shape index (κ1) is 15.2. The van der Waals surface area contributed by atoms with E-state index in [0.29, 0.717) is 21.1 Å². The third kappa shape index (κ3) is 3.30. The van der Waals surface area contributed by atoms with E-state index in [9.17, 15) is 13.6 Å². The Morgan fingerprint density at radius 2 is 2.10 bits per heavy atom. The highest BCUT2D eigenvalue weighted by Crippen LogP contribution is 2.32. The fourth-order valence-corrected chi connectivity index (χ4v) is 2.17. The Balaban J connectivity index is 2.25. The van der Waals surface area contributed by atoms with Crippen molar-refractivity contribution in [2.75, 3.05) is 24.3 Å². The molecule has 8 heteroatoms. The Morgan fingerprint density at radius 1 is 1.38 bits per heavy atom. The highest BCUT2D eigenvalue weighted by Gasteiger charge is 2.16. The monoisotopic (exact) mass is 314 g/mol. The highest BCUT2D eigenvalue weighted by molar-refractivity contribution is 6.34. The molecule has 0 bridgehead atoms. The number of carbonyl (C=O) groups is 1. The average molecular weight is 315 g/mol. The minimum atomic E-state index is -2.78. The molecule has 0 saturated heterocycles. The second-order valence-corrected chi connectivity index (χ2v) is 4.85. The van der Waals surface area contributed by atoms with Crippen LogP contribution in [-0.4, -0.2) is 29.8 Å². The molecule has 0 spiro atoms. The maximum Gasteiger partial charge on any atom is 0.333 e. The first-order valence-electron chi connectivity index (χ1n) is 6.00. The third-order valence-corrected chi connectivity index (χ3v) is 3.03. The number of para-hydroxylation sites is 1. The molecule has 0 aliphatic heterocycles. The van der Waals surface area contributed by atoms with Crippen molar-refractivity contribution in [3.8, 4) is 0 Å². The van der Waals surface area contributed by atoms with Gasteiger partial charge < -0.3 is 10.2 Å². The highest BCUT2D eigenvalue weighted by atomic mass is 35.5. The number of nitrogens with one attached hydrogen (secondary N) is 1. The molecule has 0 saturated carbocycles. The summed E-state index contributed by atoms with van der Waals surface area (Å²) in [5.74, 6) is -0.584. The number of hydrogen-bond acceptors (Lipinski definition) is 3. The van der Waals surface area contributed by atoms with E-state index in [1.54, 1.807) is 37.2 Å². The molecule has 2 rings (SSSR count). The van der Waals surface area contributed by atoms with Crippen LogP contribution in [-0.2, 0) is 0 Å². The van der Waals surface area contributed by atoms with E-state index in [1.807, 2.05) is 0 Å². The van der Waals surface area contributed by atoms with Gasteiger partial charge in [0.15, 0.2) is 5.69 Å². The lowest BCUT2D eigenvalue weighted by Crippen LogP contribution is -2.17. The van der Waals surface area contributed by atoms with Gasteiger partial charge in [-0.3, -0.25) is 4.79 Å². The zero-order valence-electron chi connectivity index (χ0n) is 11.3. The number of aromatic nitrogens is 2. The van der Waals surface area contributed by atoms with Crippen LogP contribution in [0.3, 0.4) is 0 Å². The van der Waals surface area contributed by atoms with Gasteiger partial charge >= 0.3 is 6.55 Å². The molecule has 0 aliphatic rings. The Morgan fingerprint density at radius 3 is 2.67 bits per heavy atom. The summed E-state index contributed by atoms with van der Waals surface area (Å²) >= 11 is 6.09. The van der Waals surface area contributed by atoms with E-state index in [-0.39, 0.29) is 5.69 Å². The van der Waals surface area contributed by atoms with Crippen molar-refractivity contribution in [2.24, 2.45) is 0 Å². The summed E-state index contributed by atoms with van der Waals surface area (Å²) < 4.78 is 25.3. The number of rotatable bonds is 4. The van der Waals surface area contributed by atoms with Gasteiger partial charge in [-0.05, 0) is 18.2 Å². The van der Waals surface area contributed by atoms with Crippen molar-refractivity contribution in [2.45, 2.75) is 6.55 Å². The molecule has 5 nitrogen and oxygen atoms in total. The summed E-state index contributed by atoms with van der Waals surface area (Å²) in [4.78, 5) is 13.8. The second-order valence-electron chi connectivity index (χ2n) is 4.44. The number of carbonyl (C=O) groups excluding carboxylic acids is 1. The molecule has 0 fully saturated rings. The normalized spacial score (nSPS) is 10.8. The molecule has 1 amide bonds. The fourth-order valence-electron chi connectivity index (χ4n) is 1.82. The van der Waals surface area contributed by atoms with Crippen LogP contribution in [0.25, 0.3) is 0 Å². The SMILES string of the molecule is CN(C)c1c(Cl)cccc1NC(=O)c1ccn(C(F)F)n1. The molecule has 112 valence electrons. The van der Waals surface area contributed by atoms with Gasteiger partial charge in [0.25, 0.3) is 5.91 Å². The van der Waals surface area contributed by atoms with Crippen LogP contribution in [0.2, 0.25) is 5.02 Å². The van der Waals surface area contributed by atoms with Crippen molar-refractivity contribution >= 4 is 28.9 Å². The van der Waals surface area contributed by atoms with Crippen LogP contribution in [0, 0.1) is 0 Å². The summed E-state index contributed by atoms with van der Waals surface area (Å²) in [6.45, 7) is -2.78. The second kappa shape index (κ2) is 6.09. The lowest BCUT2D eigenvalue weighted by molar-refractivity contribution is 0.0561. The first-order chi connectivity index (χ1) is 9.90. The Labute approximate surface area is 125 Å². The van der Waals surface area contributed by atoms with E-state index >= 15 is 0 Å². The molecule has 0 atom stereocenters. The Kier molecular flexibility index (Phi) is 4.42. The summed E-state index contributed by atoms with van der Waals surface area (Å²) in [7, 11) is 3.56. The molecule has 21 heavy (non-hydrogen) atoms. The van der Waals surface area contributed by atoms with E-state index in [2.05, 4.69) is 10.4 Å². The van der Waals surface area contributed by atoms with Crippen molar-refractivity contribution < 1.29 is 13.6 Å². The summed E-state index contributed by atoms with van der Waals surface area (Å²) in [5.41, 5.74) is 1.00. The topological polar surface area (TPSA) is 50.2 Å². The van der Waals surface area contributed by atoms with E-state index in [0.717, 1.165) is 6.20 Å². The maximum atomic E-state index is 12.4. The molecular formula is C13H13ClF2N4O. The van der Waals surface area contributed by atoms with Gasteiger partial charge in [-0.15, -0.1) is 0 Å². The van der Waals surface area contributed by atoms with Gasteiger partial charge in [-0.25, -0.2) is 4.68 Å². The van der Waals surface area contributed by atoms with Gasteiger partial charge in [-0.1, -0.05) is 17.7 Å².